The van der Waals surface area contributed by atoms with Crippen LogP contribution in [0.15, 0.2) is 48.5 Å². The molecular weight excluding hydrogens is 391 g/mol. The fourth-order valence-electron chi connectivity index (χ4n) is 5.52. The van der Waals surface area contributed by atoms with Crippen LogP contribution in [0.4, 0.5) is 9.18 Å². The van der Waals surface area contributed by atoms with Crippen LogP contribution in [0.25, 0.3) is 0 Å². The highest BCUT2D eigenvalue weighted by atomic mass is 19.1. The van der Waals surface area contributed by atoms with E-state index in [1.165, 1.54) is 12.0 Å². The van der Waals surface area contributed by atoms with Crippen molar-refractivity contribution >= 4 is 6.09 Å². The van der Waals surface area contributed by atoms with Crippen LogP contribution in [-0.4, -0.2) is 46.7 Å². The highest BCUT2D eigenvalue weighted by Crippen LogP contribution is 2.32. The third kappa shape index (κ3) is 5.27. The predicted octanol–water partition coefficient (Wildman–Crippen LogP) is 5.35. The summed E-state index contributed by atoms with van der Waals surface area (Å²) < 4.78 is 13.5. The van der Waals surface area contributed by atoms with Crippen molar-refractivity contribution < 1.29 is 14.3 Å². The number of hydrogen-bond acceptors (Lipinski definition) is 2. The van der Waals surface area contributed by atoms with E-state index >= 15 is 0 Å². The van der Waals surface area contributed by atoms with Crippen LogP contribution in [0.1, 0.15) is 48.8 Å². The largest absolute Gasteiger partial charge is 0.465 e. The summed E-state index contributed by atoms with van der Waals surface area (Å²) in [6.45, 7) is 1.36. The van der Waals surface area contributed by atoms with E-state index in [1.54, 1.807) is 17.0 Å². The second-order valence-electron chi connectivity index (χ2n) is 9.26. The van der Waals surface area contributed by atoms with Gasteiger partial charge < -0.3 is 14.9 Å². The van der Waals surface area contributed by atoms with Gasteiger partial charge >= 0.3 is 6.09 Å². The molecule has 2 aliphatic rings. The Morgan fingerprint density at radius 2 is 1.84 bits per heavy atom. The monoisotopic (exact) mass is 424 g/mol. The van der Waals surface area contributed by atoms with E-state index < -0.39 is 6.09 Å². The SMILES string of the molecule is CN(C[C@@H]1CCCC[C@H]1N(Cc1ccccc1)C(=O)O)C1CCc2cc(F)ccc2C1. The number of halogens is 1. The first-order valence-electron chi connectivity index (χ1n) is 11.5. The molecule has 1 amide bonds. The van der Waals surface area contributed by atoms with E-state index in [2.05, 4.69) is 11.9 Å². The van der Waals surface area contributed by atoms with Gasteiger partial charge in [-0.25, -0.2) is 9.18 Å². The number of carbonyl (C=O) groups is 1. The third-order valence-electron chi connectivity index (χ3n) is 7.23. The second kappa shape index (κ2) is 9.82. The zero-order chi connectivity index (χ0) is 21.8. The highest BCUT2D eigenvalue weighted by Gasteiger charge is 2.35. The summed E-state index contributed by atoms with van der Waals surface area (Å²) >= 11 is 0. The molecule has 0 heterocycles. The Morgan fingerprint density at radius 1 is 1.06 bits per heavy atom. The Kier molecular flexibility index (Phi) is 6.91. The normalized spacial score (nSPS) is 23.4. The molecule has 0 aliphatic heterocycles. The van der Waals surface area contributed by atoms with Crippen molar-refractivity contribution in [3.63, 3.8) is 0 Å². The zero-order valence-corrected chi connectivity index (χ0v) is 18.3. The first-order chi connectivity index (χ1) is 15.0. The molecule has 5 heteroatoms. The smallest absolute Gasteiger partial charge is 0.407 e. The Morgan fingerprint density at radius 3 is 2.61 bits per heavy atom. The van der Waals surface area contributed by atoms with Crippen LogP contribution in [0.2, 0.25) is 0 Å². The maximum Gasteiger partial charge on any atom is 0.407 e. The van der Waals surface area contributed by atoms with Crippen LogP contribution in [-0.2, 0) is 19.4 Å². The summed E-state index contributed by atoms with van der Waals surface area (Å²) in [5.74, 6) is 0.191. The topological polar surface area (TPSA) is 43.8 Å². The van der Waals surface area contributed by atoms with Gasteiger partial charge in [-0.2, -0.15) is 0 Å². The molecule has 166 valence electrons. The van der Waals surface area contributed by atoms with E-state index in [0.29, 0.717) is 18.5 Å². The number of amides is 1. The molecule has 2 aromatic carbocycles. The number of aryl methyl sites for hydroxylation is 1. The number of carboxylic acid groups (broad SMARTS) is 1. The van der Waals surface area contributed by atoms with E-state index in [1.807, 2.05) is 36.4 Å². The first-order valence-corrected chi connectivity index (χ1v) is 11.5. The average Bonchev–Trinajstić information content (AvgIpc) is 2.78. The molecule has 31 heavy (non-hydrogen) atoms. The Labute approximate surface area is 184 Å². The third-order valence-corrected chi connectivity index (χ3v) is 7.23. The summed E-state index contributed by atoms with van der Waals surface area (Å²) in [7, 11) is 2.17. The highest BCUT2D eigenvalue weighted by molar-refractivity contribution is 5.65. The van der Waals surface area contributed by atoms with Crippen molar-refractivity contribution in [2.45, 2.75) is 63.6 Å². The molecule has 0 saturated heterocycles. The van der Waals surface area contributed by atoms with Crippen molar-refractivity contribution in [1.29, 1.82) is 0 Å². The second-order valence-corrected chi connectivity index (χ2v) is 9.26. The summed E-state index contributed by atoms with van der Waals surface area (Å²) in [5, 5.41) is 10.0. The molecule has 4 nitrogen and oxygen atoms in total. The average molecular weight is 425 g/mol. The minimum Gasteiger partial charge on any atom is -0.465 e. The predicted molar refractivity (Wildman–Crippen MR) is 121 cm³/mol. The number of nitrogens with zero attached hydrogens (tertiary/aromatic N) is 2. The van der Waals surface area contributed by atoms with E-state index in [0.717, 1.165) is 56.2 Å². The van der Waals surface area contributed by atoms with Gasteiger partial charge in [0.05, 0.1) is 0 Å². The van der Waals surface area contributed by atoms with Crippen molar-refractivity contribution in [2.24, 2.45) is 5.92 Å². The van der Waals surface area contributed by atoms with Crippen LogP contribution in [0, 0.1) is 11.7 Å². The van der Waals surface area contributed by atoms with Crippen molar-refractivity contribution in [1.82, 2.24) is 9.80 Å². The first kappa shape index (κ1) is 21.8. The van der Waals surface area contributed by atoms with Gasteiger partial charge in [-0.3, -0.25) is 0 Å². The van der Waals surface area contributed by atoms with Gasteiger partial charge in [0.25, 0.3) is 0 Å². The lowest BCUT2D eigenvalue weighted by Gasteiger charge is -2.42. The fourth-order valence-corrected chi connectivity index (χ4v) is 5.52. The molecule has 1 fully saturated rings. The summed E-state index contributed by atoms with van der Waals surface area (Å²) in [6, 6.07) is 15.5. The molecule has 1 saturated carbocycles. The standard InChI is InChI=1S/C26H33FN2O2/c1-28(24-14-12-20-15-23(27)13-11-21(20)16-24)18-22-9-5-6-10-25(22)29(26(30)31)17-19-7-3-2-4-8-19/h2-4,7-8,11,13,15,22,24-25H,5-6,9-10,12,14,16-18H2,1H3,(H,30,31)/t22-,24?,25+/m0/s1. The van der Waals surface area contributed by atoms with Gasteiger partial charge in [-0.15, -0.1) is 0 Å². The molecule has 0 aromatic heterocycles. The number of likely N-dealkylation sites (N-methyl/N-ethyl adjacent to an activating group) is 1. The Balaban J connectivity index is 1.44. The quantitative estimate of drug-likeness (QED) is 0.679. The lowest BCUT2D eigenvalue weighted by molar-refractivity contribution is 0.0610. The molecule has 1 N–H and O–H groups in total. The van der Waals surface area contributed by atoms with Gasteiger partial charge in [-0.05, 0) is 73.9 Å². The van der Waals surface area contributed by atoms with Crippen LogP contribution in [0.5, 0.6) is 0 Å². The van der Waals surface area contributed by atoms with Crippen molar-refractivity contribution in [3.05, 3.63) is 71.0 Å². The van der Waals surface area contributed by atoms with Crippen molar-refractivity contribution in [3.8, 4) is 0 Å². The molecule has 3 atom stereocenters. The maximum absolute atomic E-state index is 13.5. The van der Waals surface area contributed by atoms with Gasteiger partial charge in [0, 0.05) is 25.2 Å². The lowest BCUT2D eigenvalue weighted by Crippen LogP contribution is -2.49. The zero-order valence-electron chi connectivity index (χ0n) is 18.3. The summed E-state index contributed by atoms with van der Waals surface area (Å²) in [6.07, 6.45) is 6.31. The molecule has 2 aliphatic carbocycles. The Bertz CT molecular complexity index is 888. The summed E-state index contributed by atoms with van der Waals surface area (Å²) in [5.41, 5.74) is 3.43. The lowest BCUT2D eigenvalue weighted by atomic mass is 9.82. The van der Waals surface area contributed by atoms with Crippen LogP contribution >= 0.6 is 0 Å². The van der Waals surface area contributed by atoms with Crippen molar-refractivity contribution in [2.75, 3.05) is 13.6 Å². The van der Waals surface area contributed by atoms with Crippen LogP contribution in [0.3, 0.4) is 0 Å². The number of hydrogen-bond donors (Lipinski definition) is 1. The number of benzene rings is 2. The van der Waals surface area contributed by atoms with Gasteiger partial charge in [0.15, 0.2) is 0 Å². The molecular formula is C26H33FN2O2. The maximum atomic E-state index is 13.5. The van der Waals surface area contributed by atoms with Gasteiger partial charge in [0.1, 0.15) is 5.82 Å². The molecule has 0 bridgehead atoms. The van der Waals surface area contributed by atoms with Gasteiger partial charge in [0.2, 0.25) is 0 Å². The molecule has 4 rings (SSSR count). The molecule has 1 unspecified atom stereocenters. The number of rotatable bonds is 6. The fraction of sp³-hybridized carbons (Fsp3) is 0.500. The molecule has 0 spiro atoms. The number of fused-ring (bicyclic) bond motifs is 1. The molecule has 2 aromatic rings. The minimum absolute atomic E-state index is 0.0545. The van der Waals surface area contributed by atoms with E-state index in [-0.39, 0.29) is 11.9 Å². The minimum atomic E-state index is -0.822. The molecule has 0 radical (unpaired) electrons. The van der Waals surface area contributed by atoms with E-state index in [4.69, 9.17) is 0 Å². The van der Waals surface area contributed by atoms with E-state index in [9.17, 15) is 14.3 Å². The van der Waals surface area contributed by atoms with Crippen LogP contribution < -0.4 is 0 Å². The van der Waals surface area contributed by atoms with Gasteiger partial charge in [-0.1, -0.05) is 49.2 Å². The summed E-state index contributed by atoms with van der Waals surface area (Å²) in [4.78, 5) is 16.3. The Hall–Kier alpha value is -2.40.